The van der Waals surface area contributed by atoms with Crippen molar-refractivity contribution in [2.45, 2.75) is 50.7 Å². The van der Waals surface area contributed by atoms with Gasteiger partial charge in [-0.05, 0) is 38.9 Å². The van der Waals surface area contributed by atoms with Gasteiger partial charge in [0, 0.05) is 31.7 Å². The largest absolute Gasteiger partial charge is 0.374 e. The summed E-state index contributed by atoms with van der Waals surface area (Å²) in [7, 11) is 0. The summed E-state index contributed by atoms with van der Waals surface area (Å²) in [5, 5.41) is 3.85. The van der Waals surface area contributed by atoms with Gasteiger partial charge in [0.05, 0.1) is 12.7 Å². The van der Waals surface area contributed by atoms with Gasteiger partial charge < -0.3 is 10.1 Å². The Balaban J connectivity index is 1.55. The van der Waals surface area contributed by atoms with E-state index in [0.29, 0.717) is 11.6 Å². The Hall–Kier alpha value is -0.160. The van der Waals surface area contributed by atoms with Crippen LogP contribution in [-0.4, -0.2) is 73.9 Å². The molecule has 3 rings (SSSR count). The lowest BCUT2D eigenvalue weighted by Crippen LogP contribution is -2.52. The lowest BCUT2D eigenvalue weighted by atomic mass is 9.97. The van der Waals surface area contributed by atoms with Gasteiger partial charge >= 0.3 is 0 Å². The molecule has 1 atom stereocenters. The summed E-state index contributed by atoms with van der Waals surface area (Å²) in [6.45, 7) is 11.3. The normalized spacial score (nSPS) is 32.5. The Bertz CT molecular complexity index is 304. The zero-order valence-electron chi connectivity index (χ0n) is 13.1. The minimum Gasteiger partial charge on any atom is -0.374 e. The molecule has 0 aromatic heterocycles. The predicted octanol–water partition coefficient (Wildman–Crippen LogP) is 1.32. The molecule has 0 bridgehead atoms. The Morgan fingerprint density at radius 2 is 2.00 bits per heavy atom. The van der Waals surface area contributed by atoms with Crippen LogP contribution in [0.1, 0.15) is 39.0 Å². The summed E-state index contributed by atoms with van der Waals surface area (Å²) in [4.78, 5) is 5.20. The fourth-order valence-electron chi connectivity index (χ4n) is 4.23. The average molecular weight is 281 g/mol. The van der Waals surface area contributed by atoms with E-state index in [1.54, 1.807) is 0 Å². The summed E-state index contributed by atoms with van der Waals surface area (Å²) in [6.07, 6.45) is 7.26. The van der Waals surface area contributed by atoms with Crippen molar-refractivity contribution in [2.24, 2.45) is 0 Å². The molecule has 3 fully saturated rings. The van der Waals surface area contributed by atoms with Crippen LogP contribution in [0.5, 0.6) is 0 Å². The van der Waals surface area contributed by atoms with E-state index in [2.05, 4.69) is 22.0 Å². The third-order valence-corrected chi connectivity index (χ3v) is 5.37. The zero-order chi connectivity index (χ0) is 13.8. The molecule has 3 aliphatic rings. The molecule has 0 aromatic carbocycles. The number of likely N-dealkylation sites (N-methyl/N-ethyl adjacent to an activating group) is 1. The summed E-state index contributed by atoms with van der Waals surface area (Å²) in [5.74, 6) is 0. The van der Waals surface area contributed by atoms with Crippen LogP contribution in [0, 0.1) is 0 Å². The number of ether oxygens (including phenoxy) is 1. The van der Waals surface area contributed by atoms with E-state index in [-0.39, 0.29) is 0 Å². The van der Waals surface area contributed by atoms with Crippen molar-refractivity contribution in [3.05, 3.63) is 0 Å². The summed E-state index contributed by atoms with van der Waals surface area (Å²) in [5.41, 5.74) is 0.426. The molecule has 20 heavy (non-hydrogen) atoms. The number of hydrogen-bond acceptors (Lipinski definition) is 4. The summed E-state index contributed by atoms with van der Waals surface area (Å²) >= 11 is 0. The molecule has 1 saturated carbocycles. The fraction of sp³-hybridized carbons (Fsp3) is 1.00. The van der Waals surface area contributed by atoms with Crippen LogP contribution >= 0.6 is 0 Å². The molecule has 1 N–H and O–H groups in total. The van der Waals surface area contributed by atoms with Crippen molar-refractivity contribution >= 4 is 0 Å². The maximum absolute atomic E-state index is 6.00. The highest BCUT2D eigenvalue weighted by Gasteiger charge is 2.37. The Kier molecular flexibility index (Phi) is 4.97. The van der Waals surface area contributed by atoms with Gasteiger partial charge in [-0.3, -0.25) is 9.80 Å². The topological polar surface area (TPSA) is 27.7 Å². The predicted molar refractivity (Wildman–Crippen MR) is 82.1 cm³/mol. The molecule has 4 heteroatoms. The molecule has 2 heterocycles. The third kappa shape index (κ3) is 3.53. The molecule has 4 nitrogen and oxygen atoms in total. The average Bonchev–Trinajstić information content (AvgIpc) is 2.82. The first-order chi connectivity index (χ1) is 9.80. The van der Waals surface area contributed by atoms with E-state index >= 15 is 0 Å². The fourth-order valence-corrected chi connectivity index (χ4v) is 4.23. The SMILES string of the molecule is CCN1CCOC(CN2CCCNC3(CCCC3)C2)C1. The molecule has 1 spiro atoms. The highest BCUT2D eigenvalue weighted by atomic mass is 16.5. The monoisotopic (exact) mass is 281 g/mol. The van der Waals surface area contributed by atoms with Crippen molar-refractivity contribution in [1.29, 1.82) is 0 Å². The van der Waals surface area contributed by atoms with E-state index in [9.17, 15) is 0 Å². The van der Waals surface area contributed by atoms with Crippen molar-refractivity contribution in [3.8, 4) is 0 Å². The van der Waals surface area contributed by atoms with Crippen LogP contribution in [0.3, 0.4) is 0 Å². The third-order valence-electron chi connectivity index (χ3n) is 5.37. The Morgan fingerprint density at radius 1 is 1.15 bits per heavy atom. The van der Waals surface area contributed by atoms with Gasteiger partial charge in [0.2, 0.25) is 0 Å². The number of hydrogen-bond donors (Lipinski definition) is 1. The molecule has 2 aliphatic heterocycles. The quantitative estimate of drug-likeness (QED) is 0.844. The first kappa shape index (κ1) is 14.8. The standard InChI is InChI=1S/C16H31N3O/c1-2-18-10-11-20-15(12-18)13-19-9-5-8-17-16(14-19)6-3-4-7-16/h15,17H,2-14H2,1H3. The second-order valence-corrected chi connectivity index (χ2v) is 6.89. The molecule has 1 aliphatic carbocycles. The molecular weight excluding hydrogens is 250 g/mol. The first-order valence-electron chi connectivity index (χ1n) is 8.61. The van der Waals surface area contributed by atoms with Gasteiger partial charge in [0.15, 0.2) is 0 Å². The van der Waals surface area contributed by atoms with Crippen molar-refractivity contribution in [2.75, 3.05) is 52.4 Å². The summed E-state index contributed by atoms with van der Waals surface area (Å²) < 4.78 is 6.00. The van der Waals surface area contributed by atoms with Crippen LogP contribution < -0.4 is 5.32 Å². The van der Waals surface area contributed by atoms with Gasteiger partial charge in [-0.1, -0.05) is 19.8 Å². The van der Waals surface area contributed by atoms with Gasteiger partial charge in [0.1, 0.15) is 0 Å². The Labute approximate surface area is 123 Å². The van der Waals surface area contributed by atoms with Gasteiger partial charge in [-0.2, -0.15) is 0 Å². The maximum atomic E-state index is 6.00. The molecule has 0 aromatic rings. The zero-order valence-corrected chi connectivity index (χ0v) is 13.1. The van der Waals surface area contributed by atoms with Crippen molar-refractivity contribution in [3.63, 3.8) is 0 Å². The van der Waals surface area contributed by atoms with E-state index in [1.807, 2.05) is 0 Å². The highest BCUT2D eigenvalue weighted by Crippen LogP contribution is 2.31. The molecular formula is C16H31N3O. The van der Waals surface area contributed by atoms with Crippen LogP contribution in [0.15, 0.2) is 0 Å². The van der Waals surface area contributed by atoms with Crippen molar-refractivity contribution in [1.82, 2.24) is 15.1 Å². The van der Waals surface area contributed by atoms with Gasteiger partial charge in [-0.25, -0.2) is 0 Å². The van der Waals surface area contributed by atoms with Gasteiger partial charge in [0.25, 0.3) is 0 Å². The van der Waals surface area contributed by atoms with E-state index in [0.717, 1.165) is 32.8 Å². The second-order valence-electron chi connectivity index (χ2n) is 6.89. The molecule has 0 amide bonds. The molecule has 2 saturated heterocycles. The van der Waals surface area contributed by atoms with Crippen LogP contribution in [0.25, 0.3) is 0 Å². The lowest BCUT2D eigenvalue weighted by molar-refractivity contribution is -0.0433. The Morgan fingerprint density at radius 3 is 2.80 bits per heavy atom. The minimum atomic E-state index is 0.417. The number of nitrogens with zero attached hydrogens (tertiary/aromatic N) is 2. The van der Waals surface area contributed by atoms with E-state index < -0.39 is 0 Å². The lowest BCUT2D eigenvalue weighted by Gasteiger charge is -2.38. The molecule has 116 valence electrons. The van der Waals surface area contributed by atoms with Crippen LogP contribution in [0.4, 0.5) is 0 Å². The minimum absolute atomic E-state index is 0.417. The number of morpholine rings is 1. The summed E-state index contributed by atoms with van der Waals surface area (Å²) in [6, 6.07) is 0. The number of nitrogens with one attached hydrogen (secondary N) is 1. The second kappa shape index (κ2) is 6.73. The molecule has 0 radical (unpaired) electrons. The maximum Gasteiger partial charge on any atom is 0.0829 e. The highest BCUT2D eigenvalue weighted by molar-refractivity contribution is 4.97. The van der Waals surface area contributed by atoms with Crippen molar-refractivity contribution < 1.29 is 4.74 Å². The van der Waals surface area contributed by atoms with E-state index in [1.165, 1.54) is 51.7 Å². The number of rotatable bonds is 3. The van der Waals surface area contributed by atoms with Crippen LogP contribution in [-0.2, 0) is 4.74 Å². The van der Waals surface area contributed by atoms with Gasteiger partial charge in [-0.15, -0.1) is 0 Å². The van der Waals surface area contributed by atoms with Crippen LogP contribution in [0.2, 0.25) is 0 Å². The smallest absolute Gasteiger partial charge is 0.0829 e. The first-order valence-corrected chi connectivity index (χ1v) is 8.61. The molecule has 1 unspecified atom stereocenters. The van der Waals surface area contributed by atoms with E-state index in [4.69, 9.17) is 4.74 Å².